The van der Waals surface area contributed by atoms with Crippen LogP contribution in [0.15, 0.2) is 115 Å². The fourth-order valence-corrected chi connectivity index (χ4v) is 6.33. The summed E-state index contributed by atoms with van der Waals surface area (Å²) in [6.07, 6.45) is 1.84. The molecule has 1 aliphatic rings. The third-order valence-electron chi connectivity index (χ3n) is 8.98. The van der Waals surface area contributed by atoms with Crippen molar-refractivity contribution in [2.75, 3.05) is 9.80 Å². The van der Waals surface area contributed by atoms with Gasteiger partial charge in [0.25, 0.3) is 0 Å². The third kappa shape index (κ3) is 5.56. The first-order valence-electron chi connectivity index (χ1n) is 16.0. The number of aryl methyl sites for hydroxylation is 2. The van der Waals surface area contributed by atoms with Gasteiger partial charge in [0.1, 0.15) is 5.65 Å². The Kier molecular flexibility index (Phi) is 8.13. The second-order valence-electron chi connectivity index (χ2n) is 13.2. The van der Waals surface area contributed by atoms with E-state index >= 15 is 0 Å². The van der Waals surface area contributed by atoms with E-state index in [0.29, 0.717) is 11.5 Å². The minimum absolute atomic E-state index is 0. The van der Waals surface area contributed by atoms with Crippen molar-refractivity contribution in [3.05, 3.63) is 151 Å². The minimum atomic E-state index is -0.118. The van der Waals surface area contributed by atoms with Crippen LogP contribution in [0.5, 0.6) is 11.5 Å². The summed E-state index contributed by atoms with van der Waals surface area (Å²) in [5.41, 5.74) is 10.6. The molecule has 48 heavy (non-hydrogen) atoms. The molecule has 0 radical (unpaired) electrons. The van der Waals surface area contributed by atoms with Crippen molar-refractivity contribution >= 4 is 44.7 Å². The summed E-state index contributed by atoms with van der Waals surface area (Å²) in [5, 5.41) is 2.26. The predicted molar refractivity (Wildman–Crippen MR) is 192 cm³/mol. The number of nitrogens with zero attached hydrogens (tertiary/aromatic N) is 4. The first-order chi connectivity index (χ1) is 22.7. The largest absolute Gasteiger partial charge is 0.509 e. The quantitative estimate of drug-likeness (QED) is 0.162. The molecule has 1 aliphatic heterocycles. The van der Waals surface area contributed by atoms with Crippen molar-refractivity contribution in [1.29, 1.82) is 0 Å². The average Bonchev–Trinajstić information content (AvgIpc) is 3.61. The second kappa shape index (κ2) is 12.3. The van der Waals surface area contributed by atoms with Gasteiger partial charge in [0.05, 0.1) is 5.52 Å². The van der Waals surface area contributed by atoms with Gasteiger partial charge in [-0.15, -0.1) is 54.3 Å². The fraction of sp³-hybridized carbons (Fsp3) is 0.143. The number of rotatable bonds is 5. The van der Waals surface area contributed by atoms with Crippen LogP contribution in [0.25, 0.3) is 27.6 Å². The number of hydrogen-bond donors (Lipinski definition) is 0. The Bertz CT molecular complexity index is 2230. The molecule has 242 valence electrons. The summed E-state index contributed by atoms with van der Waals surface area (Å²) in [6.45, 7) is 13.2. The van der Waals surface area contributed by atoms with Crippen LogP contribution in [0, 0.1) is 32.6 Å². The molecular weight excluding hydrogens is 772 g/mol. The molecule has 0 spiro atoms. The van der Waals surface area contributed by atoms with Crippen molar-refractivity contribution in [1.82, 2.24) is 9.55 Å². The van der Waals surface area contributed by atoms with Gasteiger partial charge in [-0.3, -0.25) is 0 Å². The zero-order chi connectivity index (χ0) is 32.3. The van der Waals surface area contributed by atoms with Gasteiger partial charge in [-0.05, 0) is 72.9 Å². The second-order valence-corrected chi connectivity index (χ2v) is 13.2. The van der Waals surface area contributed by atoms with Gasteiger partial charge in [0.15, 0.2) is 0 Å². The Hall–Kier alpha value is -4.86. The van der Waals surface area contributed by atoms with E-state index in [9.17, 15) is 0 Å². The molecule has 2 aromatic heterocycles. The Morgan fingerprint density at radius 3 is 2.12 bits per heavy atom. The van der Waals surface area contributed by atoms with E-state index in [1.165, 1.54) is 11.1 Å². The van der Waals surface area contributed by atoms with Crippen LogP contribution in [-0.2, 0) is 26.5 Å². The van der Waals surface area contributed by atoms with Crippen molar-refractivity contribution in [3.63, 3.8) is 0 Å². The number of anilines is 4. The molecule has 0 aliphatic carbocycles. The summed E-state index contributed by atoms with van der Waals surface area (Å²) < 4.78 is 8.77. The standard InChI is InChI=1S/C42H35N4O.Pt/c1-28-21-39-40(22-29(28)2)45(27-44(39)31-13-7-6-8-14-31)33-23-30(42(3,4)5)24-35(26-33)47-34-16-11-15-32(25-34)46-38-19-10-9-17-36(38)37-18-12-20-43-41(37)46;/h6-24,27H,1-5H3;/q-3;. The number of ether oxygens (including phenoxy) is 1. The molecule has 0 amide bonds. The summed E-state index contributed by atoms with van der Waals surface area (Å²) in [6, 6.07) is 45.0. The molecule has 0 unspecified atom stereocenters. The monoisotopic (exact) mass is 806 g/mol. The first kappa shape index (κ1) is 31.7. The van der Waals surface area contributed by atoms with E-state index in [0.717, 1.165) is 55.9 Å². The molecule has 0 saturated heterocycles. The van der Waals surface area contributed by atoms with E-state index in [1.807, 2.05) is 36.5 Å². The molecule has 8 rings (SSSR count). The zero-order valence-electron chi connectivity index (χ0n) is 27.6. The summed E-state index contributed by atoms with van der Waals surface area (Å²) in [5.74, 6) is 1.25. The van der Waals surface area contributed by atoms with E-state index in [4.69, 9.17) is 9.72 Å². The van der Waals surface area contributed by atoms with Crippen molar-refractivity contribution in [3.8, 4) is 17.2 Å². The fourth-order valence-electron chi connectivity index (χ4n) is 6.33. The van der Waals surface area contributed by atoms with Gasteiger partial charge in [-0.1, -0.05) is 62.9 Å². The van der Waals surface area contributed by atoms with Crippen LogP contribution in [0.3, 0.4) is 0 Å². The molecule has 0 saturated carbocycles. The maximum Gasteiger partial charge on any atom is 0.143 e. The molecule has 3 heterocycles. The van der Waals surface area contributed by atoms with Crippen LogP contribution in [0.4, 0.5) is 22.7 Å². The van der Waals surface area contributed by atoms with Gasteiger partial charge >= 0.3 is 0 Å². The Balaban J connectivity index is 0.00000364. The molecular formula is C42H35N4OPt-3. The normalized spacial score (nSPS) is 12.8. The minimum Gasteiger partial charge on any atom is -0.509 e. The average molecular weight is 807 g/mol. The maximum absolute atomic E-state index is 6.62. The molecule has 5 nitrogen and oxygen atoms in total. The van der Waals surface area contributed by atoms with Crippen molar-refractivity contribution in [2.45, 2.75) is 40.0 Å². The van der Waals surface area contributed by atoms with Crippen LogP contribution < -0.4 is 14.5 Å². The van der Waals surface area contributed by atoms with Gasteiger partial charge in [-0.2, -0.15) is 6.07 Å². The van der Waals surface area contributed by atoms with E-state index in [1.54, 1.807) is 0 Å². The third-order valence-corrected chi connectivity index (χ3v) is 8.98. The smallest absolute Gasteiger partial charge is 0.143 e. The van der Waals surface area contributed by atoms with Crippen molar-refractivity contribution in [2.24, 2.45) is 0 Å². The van der Waals surface area contributed by atoms with Gasteiger partial charge in [-0.25, -0.2) is 4.98 Å². The molecule has 0 atom stereocenters. The van der Waals surface area contributed by atoms with E-state index in [2.05, 4.69) is 147 Å². The van der Waals surface area contributed by atoms with Gasteiger partial charge in [0.2, 0.25) is 0 Å². The topological polar surface area (TPSA) is 33.5 Å². The predicted octanol–water partition coefficient (Wildman–Crippen LogP) is 10.9. The van der Waals surface area contributed by atoms with Crippen molar-refractivity contribution < 1.29 is 25.8 Å². The molecule has 0 fully saturated rings. The molecule has 6 heteroatoms. The summed E-state index contributed by atoms with van der Waals surface area (Å²) in [7, 11) is 0. The Morgan fingerprint density at radius 1 is 0.667 bits per heavy atom. The molecule has 0 bridgehead atoms. The Morgan fingerprint density at radius 2 is 1.35 bits per heavy atom. The van der Waals surface area contributed by atoms with Crippen LogP contribution >= 0.6 is 0 Å². The summed E-state index contributed by atoms with van der Waals surface area (Å²) >= 11 is 0. The molecule has 0 N–H and O–H groups in total. The SMILES string of the molecule is Cc1cc2c(cc1C)N(c1ccccc1)[CH-]N2c1[c-]c(Oc2[c-]c(-n3c4ccccc4c4cccnc43)ccc2)cc(C(C)(C)C)c1.[Pt]. The number of pyridine rings is 1. The van der Waals surface area contributed by atoms with Crippen LogP contribution in [0.1, 0.15) is 37.5 Å². The molecule has 7 aromatic rings. The van der Waals surface area contributed by atoms with E-state index in [-0.39, 0.29) is 26.5 Å². The van der Waals surface area contributed by atoms with Gasteiger partial charge in [0, 0.05) is 66.6 Å². The zero-order valence-corrected chi connectivity index (χ0v) is 29.8. The number of benzene rings is 5. The molecule has 5 aromatic carbocycles. The van der Waals surface area contributed by atoms with Gasteiger partial charge < -0.3 is 19.1 Å². The Labute approximate surface area is 296 Å². The van der Waals surface area contributed by atoms with Crippen LogP contribution in [-0.4, -0.2) is 9.55 Å². The first-order valence-corrected chi connectivity index (χ1v) is 16.0. The number of hydrogen-bond acceptors (Lipinski definition) is 4. The van der Waals surface area contributed by atoms with E-state index < -0.39 is 0 Å². The van der Waals surface area contributed by atoms with Crippen LogP contribution in [0.2, 0.25) is 0 Å². The number of fused-ring (bicyclic) bond motifs is 4. The number of para-hydroxylation sites is 2. The summed E-state index contributed by atoms with van der Waals surface area (Å²) in [4.78, 5) is 9.21. The maximum atomic E-state index is 6.62. The number of aromatic nitrogens is 2.